The zero-order chi connectivity index (χ0) is 13.3. The molecule has 8 heteroatoms. The van der Waals surface area contributed by atoms with E-state index in [1.807, 2.05) is 13.0 Å². The number of halogens is 1. The van der Waals surface area contributed by atoms with Crippen molar-refractivity contribution in [2.24, 2.45) is 5.10 Å². The molecule has 0 rings (SSSR count). The number of nitrogens with one attached hydrogen (secondary N) is 2. The second-order valence-corrected chi connectivity index (χ2v) is 4.34. The molecule has 0 bridgehead atoms. The van der Waals surface area contributed by atoms with Crippen LogP contribution in [0.3, 0.4) is 0 Å². The molecular weight excluding hydrogens is 264 g/mol. The Morgan fingerprint density at radius 3 is 2.82 bits per heavy atom. The number of nitro groups is 1. The Hall–Kier alpha value is -1.43. The molecule has 0 aliphatic rings. The van der Waals surface area contributed by atoms with E-state index in [-0.39, 0.29) is 5.96 Å². The first-order chi connectivity index (χ1) is 8.03. The first kappa shape index (κ1) is 15.6. The van der Waals surface area contributed by atoms with Crippen LogP contribution in [0, 0.1) is 10.1 Å². The topological polar surface area (TPSA) is 79.6 Å². The number of allylic oxidation sites excluding steroid dienone is 1. The van der Waals surface area contributed by atoms with Gasteiger partial charge >= 0.3 is 0 Å². The molecule has 0 aliphatic heterocycles. The van der Waals surface area contributed by atoms with Gasteiger partial charge in [0, 0.05) is 18.5 Å². The van der Waals surface area contributed by atoms with Gasteiger partial charge in [-0.3, -0.25) is 0 Å². The van der Waals surface area contributed by atoms with E-state index >= 15 is 0 Å². The van der Waals surface area contributed by atoms with Crippen LogP contribution in [0.25, 0.3) is 0 Å². The Balaban J connectivity index is 4.42. The van der Waals surface area contributed by atoms with E-state index in [4.69, 9.17) is 11.6 Å². The molecule has 0 unspecified atom stereocenters. The van der Waals surface area contributed by atoms with Crippen LogP contribution < -0.4 is 10.6 Å². The first-order valence-corrected chi connectivity index (χ1v) is 5.76. The molecule has 0 fully saturated rings. The summed E-state index contributed by atoms with van der Waals surface area (Å²) < 4.78 is 0.414. The third-order valence-corrected chi connectivity index (χ3v) is 2.86. The lowest BCUT2D eigenvalue weighted by Gasteiger charge is -2.08. The largest absolute Gasteiger partial charge is 0.354 e. The lowest BCUT2D eigenvalue weighted by Crippen LogP contribution is -2.36. The fourth-order valence-electron chi connectivity index (χ4n) is 0.774. The Morgan fingerprint density at radius 1 is 1.76 bits per heavy atom. The highest BCUT2D eigenvalue weighted by atomic mass is 35.5. The van der Waals surface area contributed by atoms with Gasteiger partial charge in [0.15, 0.2) is 5.03 Å². The van der Waals surface area contributed by atoms with Crippen molar-refractivity contribution in [1.29, 1.82) is 0 Å². The molecule has 0 amide bonds. The average molecular weight is 277 g/mol. The normalized spacial score (nSPS) is 11.7. The van der Waals surface area contributed by atoms with Crippen molar-refractivity contribution in [2.45, 2.75) is 6.92 Å². The molecule has 0 atom stereocenters. The van der Waals surface area contributed by atoms with Gasteiger partial charge in [0.05, 0.1) is 0 Å². The van der Waals surface area contributed by atoms with Crippen LogP contribution >= 0.6 is 23.4 Å². The van der Waals surface area contributed by atoms with E-state index in [2.05, 4.69) is 28.0 Å². The molecule has 2 N–H and O–H groups in total. The minimum Gasteiger partial charge on any atom is -0.354 e. The lowest BCUT2D eigenvalue weighted by molar-refractivity contribution is -0.485. The Kier molecular flexibility index (Phi) is 7.96. The van der Waals surface area contributed by atoms with Crippen molar-refractivity contribution in [2.75, 3.05) is 13.6 Å². The van der Waals surface area contributed by atoms with Gasteiger partial charge in [-0.05, 0) is 6.92 Å². The number of hydrogen-bond donors (Lipinski definition) is 2. The van der Waals surface area contributed by atoms with Gasteiger partial charge in [-0.1, -0.05) is 36.0 Å². The second-order valence-electron chi connectivity index (χ2n) is 2.60. The average Bonchev–Trinajstić information content (AvgIpc) is 2.31. The van der Waals surface area contributed by atoms with Crippen molar-refractivity contribution < 1.29 is 5.03 Å². The second kappa shape index (κ2) is 8.69. The number of hydrazone groups is 1. The van der Waals surface area contributed by atoms with Crippen LogP contribution in [0.1, 0.15) is 6.92 Å². The van der Waals surface area contributed by atoms with Gasteiger partial charge in [0.2, 0.25) is 0 Å². The highest BCUT2D eigenvalue weighted by molar-refractivity contribution is 8.08. The van der Waals surface area contributed by atoms with Gasteiger partial charge in [-0.25, -0.2) is 10.1 Å². The molecule has 17 heavy (non-hydrogen) atoms. The molecule has 0 aromatic heterocycles. The van der Waals surface area contributed by atoms with Crippen LogP contribution in [0.5, 0.6) is 0 Å². The maximum absolute atomic E-state index is 10.2. The van der Waals surface area contributed by atoms with Crippen LogP contribution in [0.2, 0.25) is 0 Å². The fraction of sp³-hybridized carbons (Fsp3) is 0.333. The molecule has 0 heterocycles. The lowest BCUT2D eigenvalue weighted by atomic mass is 10.5. The zero-order valence-corrected chi connectivity index (χ0v) is 11.1. The van der Waals surface area contributed by atoms with E-state index < -0.39 is 5.03 Å². The summed E-state index contributed by atoms with van der Waals surface area (Å²) in [6, 6.07) is 0. The molecule has 94 valence electrons. The molecule has 0 aromatic rings. The van der Waals surface area contributed by atoms with Crippen LogP contribution in [0.15, 0.2) is 32.8 Å². The smallest absolute Gasteiger partial charge is 0.268 e. The van der Waals surface area contributed by atoms with Gasteiger partial charge < -0.3 is 10.6 Å². The van der Waals surface area contributed by atoms with E-state index in [0.29, 0.717) is 10.9 Å². The number of rotatable bonds is 5. The molecule has 0 saturated carbocycles. The van der Waals surface area contributed by atoms with Crippen molar-refractivity contribution in [3.8, 4) is 0 Å². The van der Waals surface area contributed by atoms with Gasteiger partial charge in [0.1, 0.15) is 9.47 Å². The first-order valence-electron chi connectivity index (χ1n) is 4.56. The minimum atomic E-state index is -0.780. The highest BCUT2D eigenvalue weighted by Gasteiger charge is 2.05. The number of thioether (sulfide) groups is 1. The predicted molar refractivity (Wildman–Crippen MR) is 71.3 cm³/mol. The Labute approximate surface area is 109 Å². The molecule has 0 aromatic carbocycles. The van der Waals surface area contributed by atoms with Crippen LogP contribution in [0.4, 0.5) is 0 Å². The minimum absolute atomic E-state index is 0.0775. The number of hydrogen-bond acceptors (Lipinski definition) is 3. The van der Waals surface area contributed by atoms with Crippen molar-refractivity contribution in [3.05, 3.63) is 37.8 Å². The molecular formula is C9H13ClN4O2S. The predicted octanol–water partition coefficient (Wildman–Crippen LogP) is 1.85. The summed E-state index contributed by atoms with van der Waals surface area (Å²) in [5.41, 5.74) is 2.54. The SMILES string of the molecule is C=C=C(Cl)S/C(=C\C)CNC(=N[N+](=O)[O-])NC. The monoisotopic (exact) mass is 276 g/mol. The summed E-state index contributed by atoms with van der Waals surface area (Å²) in [5, 5.41) is 17.9. The van der Waals surface area contributed by atoms with Gasteiger partial charge in [0.25, 0.3) is 5.96 Å². The summed E-state index contributed by atoms with van der Waals surface area (Å²) in [4.78, 5) is 11.1. The van der Waals surface area contributed by atoms with Crippen molar-refractivity contribution >= 4 is 29.3 Å². The van der Waals surface area contributed by atoms with Crippen molar-refractivity contribution in [1.82, 2.24) is 10.6 Å². The molecule has 0 aliphatic carbocycles. The standard InChI is InChI=1S/C9H13ClN4O2S/c1-4-7(17-8(10)5-2)6-12-9(11-3)13-14(15)16/h4H,2,6H2,1,3H3,(H2,11,12,13)/b7-4-. The number of guanidine groups is 1. The number of nitrogens with zero attached hydrogens (tertiary/aromatic N) is 2. The summed E-state index contributed by atoms with van der Waals surface area (Å²) in [7, 11) is 1.54. The Bertz CT molecular complexity index is 388. The maximum Gasteiger partial charge on any atom is 0.268 e. The van der Waals surface area contributed by atoms with Crippen molar-refractivity contribution in [3.63, 3.8) is 0 Å². The van der Waals surface area contributed by atoms with Crippen LogP contribution in [-0.4, -0.2) is 24.6 Å². The third kappa shape index (κ3) is 7.46. The highest BCUT2D eigenvalue weighted by Crippen LogP contribution is 2.26. The van der Waals surface area contributed by atoms with E-state index in [0.717, 1.165) is 4.91 Å². The maximum atomic E-state index is 10.2. The van der Waals surface area contributed by atoms with Gasteiger partial charge in [-0.15, -0.1) is 5.73 Å². The zero-order valence-electron chi connectivity index (χ0n) is 9.49. The van der Waals surface area contributed by atoms with E-state index in [9.17, 15) is 10.1 Å². The summed E-state index contributed by atoms with van der Waals surface area (Å²) in [5.74, 6) is 0.0775. The Morgan fingerprint density at radius 2 is 2.41 bits per heavy atom. The quantitative estimate of drug-likeness (QED) is 0.263. The molecule has 0 radical (unpaired) electrons. The van der Waals surface area contributed by atoms with E-state index in [1.54, 1.807) is 0 Å². The van der Waals surface area contributed by atoms with Gasteiger partial charge in [-0.2, -0.15) is 0 Å². The summed E-state index contributed by atoms with van der Waals surface area (Å²) in [6.45, 7) is 5.61. The fourth-order valence-corrected chi connectivity index (χ4v) is 1.64. The van der Waals surface area contributed by atoms with E-state index in [1.165, 1.54) is 18.8 Å². The molecule has 0 spiro atoms. The summed E-state index contributed by atoms with van der Waals surface area (Å²) in [6.07, 6.45) is 1.83. The van der Waals surface area contributed by atoms with Crippen LogP contribution in [-0.2, 0) is 0 Å². The summed E-state index contributed by atoms with van der Waals surface area (Å²) >= 11 is 7.03. The third-order valence-electron chi connectivity index (χ3n) is 1.53. The molecule has 6 nitrogen and oxygen atoms in total. The molecule has 0 saturated heterocycles.